The first-order chi connectivity index (χ1) is 12.0. The Bertz CT molecular complexity index is 786. The minimum absolute atomic E-state index is 0.235. The summed E-state index contributed by atoms with van der Waals surface area (Å²) >= 11 is 0. The van der Waals surface area contributed by atoms with E-state index in [9.17, 15) is 5.11 Å². The van der Waals surface area contributed by atoms with Crippen LogP contribution in [0.4, 0.5) is 5.82 Å². The Morgan fingerprint density at radius 2 is 2.00 bits per heavy atom. The van der Waals surface area contributed by atoms with Gasteiger partial charge in [-0.05, 0) is 46.5 Å². The van der Waals surface area contributed by atoms with Crippen LogP contribution in [-0.4, -0.2) is 43.2 Å². The lowest BCUT2D eigenvalue weighted by molar-refractivity contribution is 0.0558. The molecule has 1 fully saturated rings. The lowest BCUT2D eigenvalue weighted by Crippen LogP contribution is -2.32. The van der Waals surface area contributed by atoms with Crippen LogP contribution >= 0.6 is 0 Å². The molecule has 0 bridgehead atoms. The highest BCUT2D eigenvalue weighted by Crippen LogP contribution is 2.36. The van der Waals surface area contributed by atoms with Crippen molar-refractivity contribution < 1.29 is 5.11 Å². The number of rotatable bonds is 3. The fourth-order valence-electron chi connectivity index (χ4n) is 3.88. The summed E-state index contributed by atoms with van der Waals surface area (Å²) in [5, 5.41) is 19.5. The van der Waals surface area contributed by atoms with Crippen molar-refractivity contribution >= 4 is 5.82 Å². The highest BCUT2D eigenvalue weighted by Gasteiger charge is 2.41. The summed E-state index contributed by atoms with van der Waals surface area (Å²) in [6.45, 7) is 7.34. The summed E-state index contributed by atoms with van der Waals surface area (Å²) in [6, 6.07) is 0.235. The predicted octanol–water partition coefficient (Wildman–Crippen LogP) is 1.93. The monoisotopic (exact) mass is 342 g/mol. The third-order valence-corrected chi connectivity index (χ3v) is 5.34. The normalized spacial score (nSPS) is 23.3. The molecule has 0 aromatic carbocycles. The van der Waals surface area contributed by atoms with Gasteiger partial charge < -0.3 is 10.0 Å². The summed E-state index contributed by atoms with van der Waals surface area (Å²) < 4.78 is 1.80. The molecule has 7 heteroatoms. The van der Waals surface area contributed by atoms with Gasteiger partial charge in [0.25, 0.3) is 0 Å². The van der Waals surface area contributed by atoms with Gasteiger partial charge in [0.05, 0.1) is 12.7 Å². The molecule has 3 heterocycles. The van der Waals surface area contributed by atoms with E-state index in [4.69, 9.17) is 4.98 Å². The second-order valence-electron chi connectivity index (χ2n) is 7.61. The van der Waals surface area contributed by atoms with Gasteiger partial charge in [0.2, 0.25) is 0 Å². The highest BCUT2D eigenvalue weighted by molar-refractivity contribution is 5.52. The fourth-order valence-corrected chi connectivity index (χ4v) is 3.88. The number of aromatic nitrogens is 5. The lowest BCUT2D eigenvalue weighted by Gasteiger charge is -2.26. The Kier molecular flexibility index (Phi) is 3.98. The largest absolute Gasteiger partial charge is 0.381 e. The number of fused-ring (bicyclic) bond motifs is 1. The fraction of sp³-hybridized carbons (Fsp3) is 0.667. The zero-order valence-electron chi connectivity index (χ0n) is 15.2. The van der Waals surface area contributed by atoms with Gasteiger partial charge in [-0.1, -0.05) is 5.21 Å². The first-order valence-corrected chi connectivity index (χ1v) is 9.22. The SMILES string of the molecule is Cc1nc2c(c(N3CCC(O)(c4cn(C(C)C)nn4)C3)n1)CCCC2. The molecule has 0 radical (unpaired) electrons. The lowest BCUT2D eigenvalue weighted by atomic mass is 9.96. The van der Waals surface area contributed by atoms with Crippen LogP contribution in [0.3, 0.4) is 0 Å². The van der Waals surface area contributed by atoms with Crippen LogP contribution in [0, 0.1) is 6.92 Å². The molecule has 2 aromatic rings. The number of aryl methyl sites for hydroxylation is 2. The van der Waals surface area contributed by atoms with E-state index in [0.29, 0.717) is 18.7 Å². The van der Waals surface area contributed by atoms with E-state index in [0.717, 1.165) is 31.0 Å². The van der Waals surface area contributed by atoms with Gasteiger partial charge >= 0.3 is 0 Å². The minimum atomic E-state index is -0.965. The van der Waals surface area contributed by atoms with E-state index in [1.165, 1.54) is 24.1 Å². The summed E-state index contributed by atoms with van der Waals surface area (Å²) in [4.78, 5) is 11.6. The molecule has 0 spiro atoms. The van der Waals surface area contributed by atoms with E-state index >= 15 is 0 Å². The molecule has 1 unspecified atom stereocenters. The van der Waals surface area contributed by atoms with Crippen LogP contribution in [0.15, 0.2) is 6.20 Å². The van der Waals surface area contributed by atoms with Gasteiger partial charge in [-0.15, -0.1) is 5.10 Å². The van der Waals surface area contributed by atoms with E-state index in [1.807, 2.05) is 13.1 Å². The minimum Gasteiger partial charge on any atom is -0.381 e. The first kappa shape index (κ1) is 16.4. The molecule has 4 rings (SSSR count). The Labute approximate surface area is 148 Å². The summed E-state index contributed by atoms with van der Waals surface area (Å²) in [5.74, 6) is 1.83. The number of β-amino-alcohol motifs (C(OH)–C–C–N with tert-alkyl or cyclic N) is 1. The molecular formula is C18H26N6O. The molecule has 1 saturated heterocycles. The van der Waals surface area contributed by atoms with Gasteiger partial charge in [-0.2, -0.15) is 0 Å². The molecule has 1 atom stereocenters. The number of anilines is 1. The number of nitrogens with zero attached hydrogens (tertiary/aromatic N) is 6. The van der Waals surface area contributed by atoms with Crippen LogP contribution in [0.1, 0.15) is 61.9 Å². The second kappa shape index (κ2) is 6.05. The van der Waals surface area contributed by atoms with Crippen molar-refractivity contribution in [1.29, 1.82) is 0 Å². The van der Waals surface area contributed by atoms with Crippen molar-refractivity contribution in [3.63, 3.8) is 0 Å². The molecule has 7 nitrogen and oxygen atoms in total. The highest BCUT2D eigenvalue weighted by atomic mass is 16.3. The Balaban J connectivity index is 1.63. The van der Waals surface area contributed by atoms with Crippen molar-refractivity contribution in [2.75, 3.05) is 18.0 Å². The molecule has 0 saturated carbocycles. The standard InChI is InChI=1S/C18H26N6O/c1-12(2)24-10-16(21-22-24)18(25)8-9-23(11-18)17-14-6-4-5-7-15(14)19-13(3)20-17/h10,12,25H,4-9,11H2,1-3H3. The summed E-state index contributed by atoms with van der Waals surface area (Å²) in [5.41, 5.74) is 2.15. The third kappa shape index (κ3) is 2.90. The zero-order chi connectivity index (χ0) is 17.6. The average Bonchev–Trinajstić information content (AvgIpc) is 3.22. The van der Waals surface area contributed by atoms with Gasteiger partial charge in [0.1, 0.15) is 22.9 Å². The molecule has 1 N–H and O–H groups in total. The van der Waals surface area contributed by atoms with Crippen LogP contribution in [0.2, 0.25) is 0 Å². The molecule has 25 heavy (non-hydrogen) atoms. The average molecular weight is 342 g/mol. The Morgan fingerprint density at radius 3 is 2.76 bits per heavy atom. The number of hydrogen-bond acceptors (Lipinski definition) is 6. The molecule has 2 aliphatic rings. The van der Waals surface area contributed by atoms with Crippen molar-refractivity contribution in [1.82, 2.24) is 25.0 Å². The number of hydrogen-bond donors (Lipinski definition) is 1. The summed E-state index contributed by atoms with van der Waals surface area (Å²) in [7, 11) is 0. The Hall–Kier alpha value is -2.02. The van der Waals surface area contributed by atoms with Gasteiger partial charge in [0.15, 0.2) is 0 Å². The quantitative estimate of drug-likeness (QED) is 0.918. The van der Waals surface area contributed by atoms with Crippen LogP contribution < -0.4 is 4.90 Å². The molecule has 2 aromatic heterocycles. The molecule has 1 aliphatic heterocycles. The van der Waals surface area contributed by atoms with Gasteiger partial charge in [-0.25, -0.2) is 14.6 Å². The van der Waals surface area contributed by atoms with E-state index in [-0.39, 0.29) is 6.04 Å². The first-order valence-electron chi connectivity index (χ1n) is 9.22. The summed E-state index contributed by atoms with van der Waals surface area (Å²) in [6.07, 6.45) is 6.96. The maximum Gasteiger partial charge on any atom is 0.135 e. The van der Waals surface area contributed by atoms with Crippen LogP contribution in [0.5, 0.6) is 0 Å². The van der Waals surface area contributed by atoms with E-state index in [2.05, 4.69) is 34.0 Å². The molecule has 1 aliphatic carbocycles. The smallest absolute Gasteiger partial charge is 0.135 e. The van der Waals surface area contributed by atoms with E-state index < -0.39 is 5.60 Å². The van der Waals surface area contributed by atoms with Crippen molar-refractivity contribution in [2.45, 2.75) is 64.5 Å². The van der Waals surface area contributed by atoms with Crippen LogP contribution in [-0.2, 0) is 18.4 Å². The van der Waals surface area contributed by atoms with Gasteiger partial charge in [-0.3, -0.25) is 0 Å². The third-order valence-electron chi connectivity index (χ3n) is 5.34. The molecular weight excluding hydrogens is 316 g/mol. The van der Waals surface area contributed by atoms with Crippen molar-refractivity contribution in [3.8, 4) is 0 Å². The zero-order valence-corrected chi connectivity index (χ0v) is 15.2. The maximum atomic E-state index is 11.2. The maximum absolute atomic E-state index is 11.2. The predicted molar refractivity (Wildman–Crippen MR) is 94.5 cm³/mol. The topological polar surface area (TPSA) is 80.0 Å². The van der Waals surface area contributed by atoms with Gasteiger partial charge in [0, 0.05) is 30.3 Å². The van der Waals surface area contributed by atoms with Crippen LogP contribution in [0.25, 0.3) is 0 Å². The molecule has 0 amide bonds. The van der Waals surface area contributed by atoms with Crippen molar-refractivity contribution in [2.24, 2.45) is 0 Å². The number of aliphatic hydroxyl groups is 1. The molecule has 134 valence electrons. The van der Waals surface area contributed by atoms with Crippen molar-refractivity contribution in [3.05, 3.63) is 29.0 Å². The second-order valence-corrected chi connectivity index (χ2v) is 7.61. The Morgan fingerprint density at radius 1 is 1.20 bits per heavy atom. The van der Waals surface area contributed by atoms with E-state index in [1.54, 1.807) is 4.68 Å².